The van der Waals surface area contributed by atoms with Gasteiger partial charge in [-0.3, -0.25) is 0 Å². The summed E-state index contributed by atoms with van der Waals surface area (Å²) >= 11 is 0. The highest BCUT2D eigenvalue weighted by Gasteiger charge is 2.32. The van der Waals surface area contributed by atoms with Gasteiger partial charge in [0.15, 0.2) is 0 Å². The molecule has 0 aromatic heterocycles. The fourth-order valence-corrected chi connectivity index (χ4v) is 4.23. The molecule has 2 nitrogen and oxygen atoms in total. The molecule has 2 atom stereocenters. The van der Waals surface area contributed by atoms with Gasteiger partial charge in [0.05, 0.1) is 6.04 Å². The maximum atomic E-state index is 13.7. The summed E-state index contributed by atoms with van der Waals surface area (Å²) in [6.07, 6.45) is 5.68. The molecule has 116 valence electrons. The molecular formula is C18H29FN2+2. The van der Waals surface area contributed by atoms with E-state index in [1.807, 2.05) is 17.0 Å². The molecular weight excluding hydrogens is 263 g/mol. The number of nitrogens with one attached hydrogen (secondary N) is 2. The van der Waals surface area contributed by atoms with E-state index in [9.17, 15) is 4.39 Å². The van der Waals surface area contributed by atoms with Crippen molar-refractivity contribution < 1.29 is 14.2 Å². The molecule has 0 amide bonds. The number of halogens is 1. The van der Waals surface area contributed by atoms with Crippen molar-refractivity contribution in [3.8, 4) is 0 Å². The lowest BCUT2D eigenvalue weighted by Gasteiger charge is -2.37. The van der Waals surface area contributed by atoms with Crippen LogP contribution in [0.4, 0.5) is 4.39 Å². The van der Waals surface area contributed by atoms with Crippen molar-refractivity contribution in [1.82, 2.24) is 0 Å². The molecule has 2 fully saturated rings. The Labute approximate surface area is 127 Å². The highest BCUT2D eigenvalue weighted by atomic mass is 19.1. The van der Waals surface area contributed by atoms with E-state index in [4.69, 9.17) is 0 Å². The number of piperazine rings is 1. The van der Waals surface area contributed by atoms with Gasteiger partial charge in [-0.2, -0.15) is 0 Å². The Morgan fingerprint density at radius 2 is 1.86 bits per heavy atom. The van der Waals surface area contributed by atoms with Crippen molar-refractivity contribution >= 4 is 0 Å². The van der Waals surface area contributed by atoms with Gasteiger partial charge >= 0.3 is 0 Å². The third kappa shape index (κ3) is 3.83. The second kappa shape index (κ2) is 6.89. The van der Waals surface area contributed by atoms with Gasteiger partial charge in [0.1, 0.15) is 38.5 Å². The Balaban J connectivity index is 1.50. The van der Waals surface area contributed by atoms with Gasteiger partial charge in [-0.1, -0.05) is 31.5 Å². The zero-order chi connectivity index (χ0) is 14.7. The minimum Gasteiger partial charge on any atom is -0.323 e. The minimum atomic E-state index is -0.0409. The predicted octanol–water partition coefficient (Wildman–Crippen LogP) is 0.688. The summed E-state index contributed by atoms with van der Waals surface area (Å²) < 4.78 is 13.7. The van der Waals surface area contributed by atoms with Crippen LogP contribution in [0.2, 0.25) is 0 Å². The molecule has 1 saturated carbocycles. The van der Waals surface area contributed by atoms with Crippen LogP contribution in [0.3, 0.4) is 0 Å². The van der Waals surface area contributed by atoms with Crippen molar-refractivity contribution in [2.45, 2.75) is 45.2 Å². The molecule has 3 heteroatoms. The molecule has 0 radical (unpaired) electrons. The first-order chi connectivity index (χ1) is 10.2. The summed E-state index contributed by atoms with van der Waals surface area (Å²) in [5, 5.41) is 0. The van der Waals surface area contributed by atoms with Gasteiger partial charge in [0.25, 0.3) is 0 Å². The number of rotatable bonds is 3. The highest BCUT2D eigenvalue weighted by Crippen LogP contribution is 2.21. The van der Waals surface area contributed by atoms with Gasteiger partial charge in [0.2, 0.25) is 0 Å². The summed E-state index contributed by atoms with van der Waals surface area (Å²) in [6, 6.07) is 8.14. The minimum absolute atomic E-state index is 0.0409. The van der Waals surface area contributed by atoms with Gasteiger partial charge < -0.3 is 9.80 Å². The smallest absolute Gasteiger partial charge is 0.132 e. The number of hydrogen-bond acceptors (Lipinski definition) is 0. The summed E-state index contributed by atoms with van der Waals surface area (Å²) in [5.74, 6) is 0.876. The van der Waals surface area contributed by atoms with Gasteiger partial charge in [0, 0.05) is 12.0 Å². The molecule has 1 aliphatic carbocycles. The van der Waals surface area contributed by atoms with E-state index in [0.717, 1.165) is 24.1 Å². The fourth-order valence-electron chi connectivity index (χ4n) is 4.23. The standard InChI is InChI=1S/C18H27FN2/c1-15-5-4-7-17(13-15)21-11-9-20(10-12-21)14-16-6-2-3-8-18(16)19/h2-3,6,8,15,17H,4-5,7,9-14H2,1H3/p+2/t15-,17-/m0/s1. The molecule has 2 N–H and O–H groups in total. The molecule has 0 unspecified atom stereocenters. The summed E-state index contributed by atoms with van der Waals surface area (Å²) in [5.41, 5.74) is 0.877. The second-order valence-electron chi connectivity index (χ2n) is 7.15. The summed E-state index contributed by atoms with van der Waals surface area (Å²) in [7, 11) is 0. The first kappa shape index (κ1) is 15.0. The molecule has 0 bridgehead atoms. The molecule has 3 rings (SSSR count). The number of benzene rings is 1. The number of quaternary nitrogens is 2. The Morgan fingerprint density at radius 1 is 1.10 bits per heavy atom. The molecule has 1 aliphatic heterocycles. The molecule has 2 aliphatic rings. The second-order valence-corrected chi connectivity index (χ2v) is 7.15. The van der Waals surface area contributed by atoms with E-state index in [2.05, 4.69) is 6.92 Å². The Kier molecular flexibility index (Phi) is 4.91. The van der Waals surface area contributed by atoms with Crippen LogP contribution in [0.25, 0.3) is 0 Å². The highest BCUT2D eigenvalue weighted by molar-refractivity contribution is 5.15. The molecule has 1 heterocycles. The normalized spacial score (nSPS) is 33.8. The zero-order valence-electron chi connectivity index (χ0n) is 13.2. The zero-order valence-corrected chi connectivity index (χ0v) is 13.2. The first-order valence-corrected chi connectivity index (χ1v) is 8.64. The maximum Gasteiger partial charge on any atom is 0.132 e. The quantitative estimate of drug-likeness (QED) is 0.811. The average molecular weight is 292 g/mol. The first-order valence-electron chi connectivity index (χ1n) is 8.64. The molecule has 1 saturated heterocycles. The lowest BCUT2D eigenvalue weighted by molar-refractivity contribution is -1.03. The van der Waals surface area contributed by atoms with E-state index >= 15 is 0 Å². The van der Waals surface area contributed by atoms with Crippen LogP contribution in [0.1, 0.15) is 38.2 Å². The van der Waals surface area contributed by atoms with Crippen LogP contribution in [0.5, 0.6) is 0 Å². The lowest BCUT2D eigenvalue weighted by atomic mass is 9.86. The Morgan fingerprint density at radius 3 is 2.57 bits per heavy atom. The predicted molar refractivity (Wildman–Crippen MR) is 82.9 cm³/mol. The van der Waals surface area contributed by atoms with Crippen LogP contribution < -0.4 is 9.80 Å². The lowest BCUT2D eigenvalue weighted by Crippen LogP contribution is -3.29. The van der Waals surface area contributed by atoms with Crippen LogP contribution in [0.15, 0.2) is 24.3 Å². The molecule has 1 aromatic carbocycles. The van der Waals surface area contributed by atoms with E-state index < -0.39 is 0 Å². The van der Waals surface area contributed by atoms with Gasteiger partial charge in [-0.25, -0.2) is 4.39 Å². The van der Waals surface area contributed by atoms with E-state index in [1.54, 1.807) is 17.0 Å². The van der Waals surface area contributed by atoms with E-state index in [0.29, 0.717) is 0 Å². The van der Waals surface area contributed by atoms with Crippen molar-refractivity contribution in [2.75, 3.05) is 26.2 Å². The van der Waals surface area contributed by atoms with Crippen LogP contribution in [-0.2, 0) is 6.54 Å². The molecule has 1 aromatic rings. The Bertz CT molecular complexity index is 454. The average Bonchev–Trinajstić information content (AvgIpc) is 2.50. The Hall–Kier alpha value is -0.930. The van der Waals surface area contributed by atoms with Crippen LogP contribution in [-0.4, -0.2) is 32.2 Å². The third-order valence-electron chi connectivity index (χ3n) is 5.51. The van der Waals surface area contributed by atoms with Gasteiger partial charge in [-0.15, -0.1) is 0 Å². The van der Waals surface area contributed by atoms with Crippen LogP contribution >= 0.6 is 0 Å². The van der Waals surface area contributed by atoms with Crippen molar-refractivity contribution in [3.63, 3.8) is 0 Å². The SMILES string of the molecule is C[C@H]1CCC[C@H]([NH+]2CC[NH+](Cc3ccccc3F)CC2)C1. The molecule has 21 heavy (non-hydrogen) atoms. The number of hydrogen-bond donors (Lipinski definition) is 2. The maximum absolute atomic E-state index is 13.7. The summed E-state index contributed by atoms with van der Waals surface area (Å²) in [6.45, 7) is 8.16. The molecule has 0 spiro atoms. The summed E-state index contributed by atoms with van der Waals surface area (Å²) in [4.78, 5) is 3.37. The van der Waals surface area contributed by atoms with E-state index in [1.165, 1.54) is 51.9 Å². The third-order valence-corrected chi connectivity index (χ3v) is 5.51. The van der Waals surface area contributed by atoms with E-state index in [-0.39, 0.29) is 5.82 Å². The largest absolute Gasteiger partial charge is 0.323 e. The van der Waals surface area contributed by atoms with Crippen molar-refractivity contribution in [3.05, 3.63) is 35.6 Å². The monoisotopic (exact) mass is 292 g/mol. The van der Waals surface area contributed by atoms with Crippen LogP contribution in [0, 0.1) is 11.7 Å². The topological polar surface area (TPSA) is 8.88 Å². The van der Waals surface area contributed by atoms with Gasteiger partial charge in [-0.05, 0) is 24.8 Å². The van der Waals surface area contributed by atoms with Crippen molar-refractivity contribution in [1.29, 1.82) is 0 Å². The fraction of sp³-hybridized carbons (Fsp3) is 0.667. The van der Waals surface area contributed by atoms with Crippen molar-refractivity contribution in [2.24, 2.45) is 5.92 Å².